The number of carbonyl (C=O) groups excluding carboxylic acids is 1. The fraction of sp³-hybridized carbons (Fsp3) is 0.833. The summed E-state index contributed by atoms with van der Waals surface area (Å²) in [5.74, 6) is -0.0869. The highest BCUT2D eigenvalue weighted by Gasteiger charge is 1.94. The van der Waals surface area contributed by atoms with Gasteiger partial charge in [0.1, 0.15) is 6.61 Å². The second kappa shape index (κ2) is 9.68. The minimum atomic E-state index is -0.0869. The van der Waals surface area contributed by atoms with Gasteiger partial charge in [0.25, 0.3) is 0 Å². The van der Waals surface area contributed by atoms with E-state index in [0.29, 0.717) is 6.61 Å². The Morgan fingerprint density at radius 2 is 2.09 bits per heavy atom. The number of carbonyl (C=O) groups is 1. The lowest BCUT2D eigenvalue weighted by atomic mass is 10.6. The first-order valence-electron chi connectivity index (χ1n) is 3.24. The highest BCUT2D eigenvalue weighted by Crippen LogP contribution is 1.71. The summed E-state index contributed by atoms with van der Waals surface area (Å²) in [7, 11) is 3.42. The predicted molar refractivity (Wildman–Crippen MR) is 46.1 cm³/mol. The summed E-state index contributed by atoms with van der Waals surface area (Å²) in [4.78, 5) is 10.5. The van der Waals surface area contributed by atoms with Gasteiger partial charge in [-0.15, -0.1) is 12.4 Å². The minimum absolute atomic E-state index is 0. The highest BCUT2D eigenvalue weighted by molar-refractivity contribution is 5.85. The van der Waals surface area contributed by atoms with Crippen molar-refractivity contribution in [1.29, 1.82) is 0 Å². The molecule has 0 aliphatic carbocycles. The van der Waals surface area contributed by atoms with Crippen LogP contribution in [0.2, 0.25) is 0 Å². The fourth-order valence-corrected chi connectivity index (χ4v) is 0.411. The summed E-state index contributed by atoms with van der Waals surface area (Å²) >= 11 is 0. The van der Waals surface area contributed by atoms with Crippen molar-refractivity contribution < 1.29 is 9.53 Å². The number of amides is 1. The van der Waals surface area contributed by atoms with Crippen molar-refractivity contribution in [1.82, 2.24) is 10.6 Å². The van der Waals surface area contributed by atoms with Crippen LogP contribution in [0.5, 0.6) is 0 Å². The zero-order valence-corrected chi connectivity index (χ0v) is 7.66. The average molecular weight is 183 g/mol. The molecule has 0 spiro atoms. The molecule has 0 radical (unpaired) electrons. The van der Waals surface area contributed by atoms with E-state index in [0.717, 1.165) is 6.54 Å². The quantitative estimate of drug-likeness (QED) is 0.558. The van der Waals surface area contributed by atoms with Crippen molar-refractivity contribution in [2.75, 3.05) is 33.9 Å². The Labute approximate surface area is 73.1 Å². The molecule has 0 atom stereocenters. The standard InChI is InChI=1S/C6H14N2O2.ClH/c1-7-3-4-10-5-6(9)8-2;/h7H,3-5H2,1-2H3,(H,8,9);1H. The van der Waals surface area contributed by atoms with Crippen LogP contribution < -0.4 is 10.6 Å². The van der Waals surface area contributed by atoms with Crippen LogP contribution in [0.4, 0.5) is 0 Å². The van der Waals surface area contributed by atoms with E-state index in [1.165, 1.54) is 0 Å². The van der Waals surface area contributed by atoms with Gasteiger partial charge in [0.2, 0.25) is 5.91 Å². The van der Waals surface area contributed by atoms with Crippen LogP contribution in [-0.2, 0) is 9.53 Å². The molecule has 2 N–H and O–H groups in total. The summed E-state index contributed by atoms with van der Waals surface area (Å²) in [5.41, 5.74) is 0. The van der Waals surface area contributed by atoms with E-state index < -0.39 is 0 Å². The molecule has 0 aliphatic heterocycles. The van der Waals surface area contributed by atoms with Crippen molar-refractivity contribution in [3.05, 3.63) is 0 Å². The molecule has 4 nitrogen and oxygen atoms in total. The van der Waals surface area contributed by atoms with Crippen LogP contribution in [0.3, 0.4) is 0 Å². The lowest BCUT2D eigenvalue weighted by Gasteiger charge is -2.01. The summed E-state index contributed by atoms with van der Waals surface area (Å²) in [5, 5.41) is 5.36. The molecule has 0 heterocycles. The minimum Gasteiger partial charge on any atom is -0.370 e. The normalized spacial score (nSPS) is 8.55. The molecule has 68 valence electrons. The van der Waals surface area contributed by atoms with Crippen molar-refractivity contribution in [2.24, 2.45) is 0 Å². The van der Waals surface area contributed by atoms with Gasteiger partial charge in [-0.3, -0.25) is 4.79 Å². The zero-order chi connectivity index (χ0) is 7.82. The van der Waals surface area contributed by atoms with Crippen LogP contribution in [0.1, 0.15) is 0 Å². The molecule has 1 amide bonds. The van der Waals surface area contributed by atoms with Crippen molar-refractivity contribution in [3.8, 4) is 0 Å². The Hall–Kier alpha value is -0.320. The largest absolute Gasteiger partial charge is 0.370 e. The third-order valence-corrected chi connectivity index (χ3v) is 1.01. The molecular weight excluding hydrogens is 168 g/mol. The zero-order valence-electron chi connectivity index (χ0n) is 6.85. The Morgan fingerprint density at radius 3 is 2.55 bits per heavy atom. The van der Waals surface area contributed by atoms with Crippen molar-refractivity contribution in [3.63, 3.8) is 0 Å². The first-order valence-corrected chi connectivity index (χ1v) is 3.24. The summed E-state index contributed by atoms with van der Waals surface area (Å²) in [6, 6.07) is 0. The third-order valence-electron chi connectivity index (χ3n) is 1.01. The maximum absolute atomic E-state index is 10.5. The molecule has 0 aromatic heterocycles. The SMILES string of the molecule is CNCCOCC(=O)NC.Cl. The number of rotatable bonds is 5. The molecule has 0 unspecified atom stereocenters. The van der Waals surface area contributed by atoms with Crippen LogP contribution in [0, 0.1) is 0 Å². The van der Waals surface area contributed by atoms with E-state index in [9.17, 15) is 4.79 Å². The molecular formula is C6H15ClN2O2. The van der Waals surface area contributed by atoms with E-state index in [-0.39, 0.29) is 24.9 Å². The van der Waals surface area contributed by atoms with Gasteiger partial charge >= 0.3 is 0 Å². The highest BCUT2D eigenvalue weighted by atomic mass is 35.5. The molecule has 0 saturated heterocycles. The van der Waals surface area contributed by atoms with Crippen LogP contribution in [0.25, 0.3) is 0 Å². The van der Waals surface area contributed by atoms with Crippen LogP contribution in [-0.4, -0.2) is 39.8 Å². The molecule has 0 bridgehead atoms. The number of ether oxygens (including phenoxy) is 1. The van der Waals surface area contributed by atoms with Gasteiger partial charge in [0.15, 0.2) is 0 Å². The summed E-state index contributed by atoms with van der Waals surface area (Å²) in [6.45, 7) is 1.50. The van der Waals surface area contributed by atoms with Gasteiger partial charge in [-0.2, -0.15) is 0 Å². The maximum Gasteiger partial charge on any atom is 0.245 e. The molecule has 0 aromatic rings. The Kier molecular flexibility index (Phi) is 11.7. The van der Waals surface area contributed by atoms with E-state index in [1.807, 2.05) is 7.05 Å². The lowest BCUT2D eigenvalue weighted by molar-refractivity contribution is -0.125. The van der Waals surface area contributed by atoms with Crippen molar-refractivity contribution in [2.45, 2.75) is 0 Å². The summed E-state index contributed by atoms with van der Waals surface area (Å²) in [6.07, 6.45) is 0. The summed E-state index contributed by atoms with van der Waals surface area (Å²) < 4.78 is 4.95. The first kappa shape index (κ1) is 13.3. The van der Waals surface area contributed by atoms with E-state index in [4.69, 9.17) is 4.74 Å². The van der Waals surface area contributed by atoms with Gasteiger partial charge in [-0.25, -0.2) is 0 Å². The first-order chi connectivity index (χ1) is 4.81. The maximum atomic E-state index is 10.5. The smallest absolute Gasteiger partial charge is 0.245 e. The third kappa shape index (κ3) is 9.68. The number of hydrogen-bond acceptors (Lipinski definition) is 3. The Morgan fingerprint density at radius 1 is 1.45 bits per heavy atom. The Bertz CT molecular complexity index is 101. The number of nitrogens with one attached hydrogen (secondary N) is 2. The lowest BCUT2D eigenvalue weighted by Crippen LogP contribution is -2.25. The Balaban J connectivity index is 0. The van der Waals surface area contributed by atoms with Gasteiger partial charge < -0.3 is 15.4 Å². The monoisotopic (exact) mass is 182 g/mol. The topological polar surface area (TPSA) is 50.4 Å². The van der Waals surface area contributed by atoms with Gasteiger partial charge in [-0.1, -0.05) is 0 Å². The number of likely N-dealkylation sites (N-methyl/N-ethyl adjacent to an activating group) is 2. The average Bonchev–Trinajstić information content (AvgIpc) is 1.98. The van der Waals surface area contributed by atoms with Gasteiger partial charge in [0, 0.05) is 13.6 Å². The molecule has 5 heteroatoms. The molecule has 0 saturated carbocycles. The van der Waals surface area contributed by atoms with Crippen LogP contribution in [0.15, 0.2) is 0 Å². The van der Waals surface area contributed by atoms with E-state index >= 15 is 0 Å². The predicted octanol–water partition coefficient (Wildman–Crippen LogP) is -0.610. The second-order valence-electron chi connectivity index (χ2n) is 1.83. The molecule has 0 fully saturated rings. The van der Waals surface area contributed by atoms with Gasteiger partial charge in [-0.05, 0) is 7.05 Å². The molecule has 11 heavy (non-hydrogen) atoms. The van der Waals surface area contributed by atoms with Crippen LogP contribution >= 0.6 is 12.4 Å². The second-order valence-corrected chi connectivity index (χ2v) is 1.83. The van der Waals surface area contributed by atoms with E-state index in [2.05, 4.69) is 10.6 Å². The van der Waals surface area contributed by atoms with Crippen molar-refractivity contribution >= 4 is 18.3 Å². The molecule has 0 rings (SSSR count). The number of halogens is 1. The fourth-order valence-electron chi connectivity index (χ4n) is 0.411. The molecule has 0 aromatic carbocycles. The van der Waals surface area contributed by atoms with E-state index in [1.54, 1.807) is 7.05 Å². The van der Waals surface area contributed by atoms with Gasteiger partial charge in [0.05, 0.1) is 6.61 Å². The molecule has 0 aliphatic rings. The number of hydrogen-bond donors (Lipinski definition) is 2.